The van der Waals surface area contributed by atoms with E-state index in [1.54, 1.807) is 29.5 Å². The van der Waals surface area contributed by atoms with Crippen molar-refractivity contribution >= 4 is 27.8 Å². The summed E-state index contributed by atoms with van der Waals surface area (Å²) in [5, 5.41) is 15.0. The van der Waals surface area contributed by atoms with Crippen molar-refractivity contribution in [3.8, 4) is 11.5 Å². The van der Waals surface area contributed by atoms with Crippen LogP contribution in [0, 0.1) is 0 Å². The lowest BCUT2D eigenvalue weighted by Gasteiger charge is -2.09. The molecule has 4 rings (SSSR count). The maximum absolute atomic E-state index is 12.8. The summed E-state index contributed by atoms with van der Waals surface area (Å²) < 4.78 is 6.30. The van der Waals surface area contributed by atoms with E-state index in [-0.39, 0.29) is 11.3 Å². The lowest BCUT2D eigenvalue weighted by atomic mass is 9.97. The summed E-state index contributed by atoms with van der Waals surface area (Å²) >= 11 is 1.61. The minimum Gasteiger partial charge on any atom is -0.504 e. The number of thiophene rings is 1. The number of aromatic nitrogens is 2. The van der Waals surface area contributed by atoms with Gasteiger partial charge in [0, 0.05) is 10.4 Å². The first-order valence-corrected chi connectivity index (χ1v) is 8.93. The van der Waals surface area contributed by atoms with Gasteiger partial charge in [0.1, 0.15) is 11.2 Å². The monoisotopic (exact) mass is 355 g/mol. The molecule has 1 aliphatic rings. The van der Waals surface area contributed by atoms with Crippen molar-refractivity contribution in [3.05, 3.63) is 50.9 Å². The van der Waals surface area contributed by atoms with Gasteiger partial charge in [0.25, 0.3) is 5.56 Å². The molecule has 7 heteroatoms. The number of nitrogens with zero attached hydrogens (tertiary/aromatic N) is 3. The quantitative estimate of drug-likeness (QED) is 0.733. The second-order valence-corrected chi connectivity index (χ2v) is 7.01. The second-order valence-electron chi connectivity index (χ2n) is 5.93. The zero-order valence-electron chi connectivity index (χ0n) is 13.7. The largest absolute Gasteiger partial charge is 0.504 e. The molecule has 1 aromatic carbocycles. The molecular weight excluding hydrogens is 338 g/mol. The van der Waals surface area contributed by atoms with Crippen molar-refractivity contribution in [1.82, 2.24) is 9.66 Å². The van der Waals surface area contributed by atoms with Crippen LogP contribution in [0.2, 0.25) is 0 Å². The van der Waals surface area contributed by atoms with E-state index in [1.807, 2.05) is 0 Å². The Hall–Kier alpha value is -2.67. The molecule has 25 heavy (non-hydrogen) atoms. The first kappa shape index (κ1) is 15.8. The molecule has 1 aliphatic carbocycles. The van der Waals surface area contributed by atoms with Gasteiger partial charge < -0.3 is 9.84 Å². The van der Waals surface area contributed by atoms with Crippen LogP contribution in [0.1, 0.15) is 28.8 Å². The molecule has 0 saturated carbocycles. The summed E-state index contributed by atoms with van der Waals surface area (Å²) in [5.41, 5.74) is 1.44. The van der Waals surface area contributed by atoms with Gasteiger partial charge in [0.15, 0.2) is 11.5 Å². The van der Waals surface area contributed by atoms with Gasteiger partial charge in [0.2, 0.25) is 0 Å². The Morgan fingerprint density at radius 2 is 2.20 bits per heavy atom. The van der Waals surface area contributed by atoms with E-state index < -0.39 is 0 Å². The van der Waals surface area contributed by atoms with Crippen molar-refractivity contribution in [2.24, 2.45) is 5.10 Å². The van der Waals surface area contributed by atoms with Crippen LogP contribution in [0.4, 0.5) is 0 Å². The molecule has 0 radical (unpaired) electrons. The SMILES string of the molecule is COc1cccc(C=Nn2cnc3sc4c(c3c2=O)CCCC4)c1O. The molecule has 0 spiro atoms. The molecule has 0 bridgehead atoms. The molecule has 2 aromatic heterocycles. The van der Waals surface area contributed by atoms with E-state index in [4.69, 9.17) is 4.74 Å². The zero-order chi connectivity index (χ0) is 17.4. The number of fused-ring (bicyclic) bond motifs is 3. The number of aryl methyl sites for hydroxylation is 2. The minimum absolute atomic E-state index is 0.0104. The van der Waals surface area contributed by atoms with Crippen LogP contribution in [0.25, 0.3) is 10.2 Å². The summed E-state index contributed by atoms with van der Waals surface area (Å²) in [4.78, 5) is 19.3. The van der Waals surface area contributed by atoms with Crippen LogP contribution in [-0.4, -0.2) is 28.1 Å². The van der Waals surface area contributed by atoms with Gasteiger partial charge in [-0.3, -0.25) is 4.79 Å². The van der Waals surface area contributed by atoms with E-state index in [0.29, 0.717) is 16.7 Å². The summed E-state index contributed by atoms with van der Waals surface area (Å²) in [6, 6.07) is 5.11. The number of hydrogen-bond acceptors (Lipinski definition) is 6. The van der Waals surface area contributed by atoms with Crippen LogP contribution in [0.5, 0.6) is 11.5 Å². The molecule has 1 N–H and O–H groups in total. The molecular formula is C18H17N3O3S. The number of benzene rings is 1. The van der Waals surface area contributed by atoms with Crippen LogP contribution < -0.4 is 10.3 Å². The first-order valence-electron chi connectivity index (χ1n) is 8.11. The number of rotatable bonds is 3. The fourth-order valence-corrected chi connectivity index (χ4v) is 4.37. The van der Waals surface area contributed by atoms with Crippen molar-refractivity contribution in [1.29, 1.82) is 0 Å². The molecule has 0 fully saturated rings. The Kier molecular flexibility index (Phi) is 4.01. The van der Waals surface area contributed by atoms with Gasteiger partial charge in [-0.15, -0.1) is 11.3 Å². The van der Waals surface area contributed by atoms with Crippen molar-refractivity contribution in [2.45, 2.75) is 25.7 Å². The van der Waals surface area contributed by atoms with Crippen LogP contribution >= 0.6 is 11.3 Å². The summed E-state index contributed by atoms with van der Waals surface area (Å²) in [7, 11) is 1.48. The highest BCUT2D eigenvalue weighted by atomic mass is 32.1. The summed E-state index contributed by atoms with van der Waals surface area (Å²) in [6.07, 6.45) is 7.09. The third kappa shape index (κ3) is 2.70. The Morgan fingerprint density at radius 3 is 3.04 bits per heavy atom. The normalized spacial score (nSPS) is 14.1. The predicted octanol–water partition coefficient (Wildman–Crippen LogP) is 2.93. The lowest BCUT2D eigenvalue weighted by molar-refractivity contribution is 0.373. The van der Waals surface area contributed by atoms with E-state index >= 15 is 0 Å². The number of methoxy groups -OCH3 is 1. The molecule has 0 atom stereocenters. The summed E-state index contributed by atoms with van der Waals surface area (Å²) in [5.74, 6) is 0.348. The smallest absolute Gasteiger partial charge is 0.282 e. The maximum Gasteiger partial charge on any atom is 0.282 e. The molecule has 2 heterocycles. The third-order valence-corrected chi connectivity index (χ3v) is 5.63. The Morgan fingerprint density at radius 1 is 1.36 bits per heavy atom. The van der Waals surface area contributed by atoms with Gasteiger partial charge in [0.05, 0.1) is 18.7 Å². The van der Waals surface area contributed by atoms with Crippen LogP contribution in [0.3, 0.4) is 0 Å². The fourth-order valence-electron chi connectivity index (χ4n) is 3.15. The Balaban J connectivity index is 1.78. The van der Waals surface area contributed by atoms with Gasteiger partial charge in [-0.2, -0.15) is 9.78 Å². The number of phenols is 1. The average molecular weight is 355 g/mol. The van der Waals surface area contributed by atoms with Gasteiger partial charge in [-0.25, -0.2) is 4.98 Å². The first-order chi connectivity index (χ1) is 12.2. The molecule has 0 unspecified atom stereocenters. The summed E-state index contributed by atoms with van der Waals surface area (Å²) in [6.45, 7) is 0. The molecule has 0 aliphatic heterocycles. The standard InChI is InChI=1S/C18H17N3O3S/c1-24-13-7-4-5-11(16(13)22)9-20-21-10-19-17-15(18(21)23)12-6-2-3-8-14(12)25-17/h4-5,7,9-10,22H,2-3,6,8H2,1H3. The van der Waals surface area contributed by atoms with E-state index in [9.17, 15) is 9.90 Å². The Bertz CT molecular complexity index is 1040. The Labute approximate surface area is 148 Å². The van der Waals surface area contributed by atoms with Crippen LogP contribution in [0.15, 0.2) is 34.4 Å². The number of phenolic OH excluding ortho intramolecular Hbond substituents is 1. The third-order valence-electron chi connectivity index (χ3n) is 4.43. The zero-order valence-corrected chi connectivity index (χ0v) is 14.5. The van der Waals surface area contributed by atoms with Crippen molar-refractivity contribution < 1.29 is 9.84 Å². The average Bonchev–Trinajstić information content (AvgIpc) is 3.01. The van der Waals surface area contributed by atoms with Gasteiger partial charge in [-0.1, -0.05) is 6.07 Å². The lowest BCUT2D eigenvalue weighted by Crippen LogP contribution is -2.18. The van der Waals surface area contributed by atoms with Crippen molar-refractivity contribution in [3.63, 3.8) is 0 Å². The number of hydrogen-bond donors (Lipinski definition) is 1. The molecule has 128 valence electrons. The highest BCUT2D eigenvalue weighted by molar-refractivity contribution is 7.18. The molecule has 0 saturated heterocycles. The fraction of sp³-hybridized carbons (Fsp3) is 0.278. The maximum atomic E-state index is 12.8. The topological polar surface area (TPSA) is 76.7 Å². The number of aromatic hydroxyl groups is 1. The molecule has 3 aromatic rings. The van der Waals surface area contributed by atoms with Gasteiger partial charge >= 0.3 is 0 Å². The molecule has 6 nitrogen and oxygen atoms in total. The van der Waals surface area contributed by atoms with E-state index in [2.05, 4.69) is 10.1 Å². The highest BCUT2D eigenvalue weighted by Crippen LogP contribution is 2.33. The molecule has 0 amide bonds. The highest BCUT2D eigenvalue weighted by Gasteiger charge is 2.19. The van der Waals surface area contributed by atoms with Crippen molar-refractivity contribution in [2.75, 3.05) is 7.11 Å². The number of para-hydroxylation sites is 1. The predicted molar refractivity (Wildman–Crippen MR) is 98.2 cm³/mol. The van der Waals surface area contributed by atoms with Crippen LogP contribution in [-0.2, 0) is 12.8 Å². The van der Waals surface area contributed by atoms with E-state index in [1.165, 1.54) is 35.6 Å². The minimum atomic E-state index is -0.164. The van der Waals surface area contributed by atoms with E-state index in [0.717, 1.165) is 29.7 Å². The number of ether oxygens (including phenoxy) is 1. The second kappa shape index (κ2) is 6.33. The van der Waals surface area contributed by atoms with Gasteiger partial charge in [-0.05, 0) is 43.4 Å².